The van der Waals surface area contributed by atoms with E-state index in [2.05, 4.69) is 26.0 Å². The SMILES string of the molecule is COc1cc(C2CC(=NOC(=O)c3ccc(Br)cc3)CC(c3ccc(O)c(OC)c3)N2C)ccc1O. The molecule has 4 rings (SSSR count). The second-order valence-corrected chi connectivity index (χ2v) is 9.43. The zero-order valence-corrected chi connectivity index (χ0v) is 21.7. The molecule has 2 unspecified atom stereocenters. The van der Waals surface area contributed by atoms with Crippen molar-refractivity contribution in [3.8, 4) is 23.0 Å². The third-order valence-electron chi connectivity index (χ3n) is 6.36. The number of carbonyl (C=O) groups is 1. The van der Waals surface area contributed by atoms with Crippen molar-refractivity contribution >= 4 is 27.6 Å². The van der Waals surface area contributed by atoms with Crippen LogP contribution in [-0.2, 0) is 4.84 Å². The number of rotatable bonds is 6. The van der Waals surface area contributed by atoms with E-state index in [0.29, 0.717) is 35.6 Å². The van der Waals surface area contributed by atoms with Gasteiger partial charge in [0.15, 0.2) is 23.0 Å². The topological polar surface area (TPSA) is 101 Å². The Morgan fingerprint density at radius 2 is 1.39 bits per heavy atom. The Labute approximate surface area is 217 Å². The summed E-state index contributed by atoms with van der Waals surface area (Å²) in [4.78, 5) is 20.1. The molecule has 0 spiro atoms. The maximum atomic E-state index is 12.6. The van der Waals surface area contributed by atoms with Crippen LogP contribution in [0.25, 0.3) is 0 Å². The lowest BCUT2D eigenvalue weighted by molar-refractivity contribution is 0.0507. The Balaban J connectivity index is 1.68. The molecular weight excluding hydrogens is 528 g/mol. The average Bonchev–Trinajstić information content (AvgIpc) is 2.89. The molecule has 8 nitrogen and oxygen atoms in total. The van der Waals surface area contributed by atoms with Crippen LogP contribution in [0, 0.1) is 0 Å². The van der Waals surface area contributed by atoms with Gasteiger partial charge in [-0.1, -0.05) is 33.2 Å². The molecule has 1 saturated heterocycles. The van der Waals surface area contributed by atoms with Crippen molar-refractivity contribution in [3.63, 3.8) is 0 Å². The normalized spacial score (nSPS) is 17.9. The maximum Gasteiger partial charge on any atom is 0.365 e. The van der Waals surface area contributed by atoms with E-state index in [1.165, 1.54) is 14.2 Å². The molecule has 0 saturated carbocycles. The summed E-state index contributed by atoms with van der Waals surface area (Å²) < 4.78 is 11.5. The summed E-state index contributed by atoms with van der Waals surface area (Å²) in [5.74, 6) is 0.303. The van der Waals surface area contributed by atoms with E-state index in [1.54, 1.807) is 48.5 Å². The van der Waals surface area contributed by atoms with Gasteiger partial charge in [-0.2, -0.15) is 0 Å². The Morgan fingerprint density at radius 3 is 1.86 bits per heavy atom. The predicted molar refractivity (Wildman–Crippen MR) is 139 cm³/mol. The lowest BCUT2D eigenvalue weighted by atomic mass is 9.86. The molecule has 1 fully saturated rings. The number of halogens is 1. The molecular formula is C27H27BrN2O6. The fourth-order valence-corrected chi connectivity index (χ4v) is 4.63. The molecule has 3 aromatic carbocycles. The van der Waals surface area contributed by atoms with Crippen LogP contribution in [-0.4, -0.2) is 48.1 Å². The van der Waals surface area contributed by atoms with Crippen LogP contribution in [0.15, 0.2) is 70.3 Å². The number of aromatic hydroxyl groups is 2. The molecule has 188 valence electrons. The second-order valence-electron chi connectivity index (χ2n) is 8.51. The maximum absolute atomic E-state index is 12.6. The van der Waals surface area contributed by atoms with Gasteiger partial charge in [0.2, 0.25) is 0 Å². The smallest absolute Gasteiger partial charge is 0.365 e. The van der Waals surface area contributed by atoms with Crippen molar-refractivity contribution in [3.05, 3.63) is 81.8 Å². The first-order chi connectivity index (χ1) is 17.3. The summed E-state index contributed by atoms with van der Waals surface area (Å²) >= 11 is 3.36. The molecule has 36 heavy (non-hydrogen) atoms. The Hall–Kier alpha value is -3.56. The summed E-state index contributed by atoms with van der Waals surface area (Å²) in [5, 5.41) is 24.4. The molecule has 9 heteroatoms. The van der Waals surface area contributed by atoms with Crippen molar-refractivity contribution in [2.24, 2.45) is 5.16 Å². The number of likely N-dealkylation sites (tertiary alicyclic amines) is 1. The van der Waals surface area contributed by atoms with E-state index in [4.69, 9.17) is 14.3 Å². The summed E-state index contributed by atoms with van der Waals surface area (Å²) in [5.41, 5.74) is 2.92. The van der Waals surface area contributed by atoms with Crippen molar-refractivity contribution in [2.75, 3.05) is 21.3 Å². The zero-order chi connectivity index (χ0) is 25.8. The number of piperidine rings is 1. The first-order valence-electron chi connectivity index (χ1n) is 11.3. The Morgan fingerprint density at radius 1 is 0.889 bits per heavy atom. The minimum Gasteiger partial charge on any atom is -0.504 e. The molecule has 1 heterocycles. The number of hydrogen-bond donors (Lipinski definition) is 2. The number of oxime groups is 1. The minimum absolute atomic E-state index is 0.0526. The molecule has 3 aromatic rings. The molecule has 0 bridgehead atoms. The first kappa shape index (κ1) is 25.5. The lowest BCUT2D eigenvalue weighted by Crippen LogP contribution is -2.37. The van der Waals surface area contributed by atoms with Crippen LogP contribution in [0.5, 0.6) is 23.0 Å². The number of phenols is 2. The highest BCUT2D eigenvalue weighted by atomic mass is 79.9. The van der Waals surface area contributed by atoms with Crippen molar-refractivity contribution in [2.45, 2.75) is 24.9 Å². The van der Waals surface area contributed by atoms with Gasteiger partial charge in [0, 0.05) is 29.4 Å². The molecule has 2 N–H and O–H groups in total. The van der Waals surface area contributed by atoms with Crippen molar-refractivity contribution in [1.82, 2.24) is 4.90 Å². The lowest BCUT2D eigenvalue weighted by Gasteiger charge is -2.40. The Kier molecular flexibility index (Phi) is 7.81. The van der Waals surface area contributed by atoms with E-state index in [9.17, 15) is 15.0 Å². The zero-order valence-electron chi connectivity index (χ0n) is 20.1. The third-order valence-corrected chi connectivity index (χ3v) is 6.88. The van der Waals surface area contributed by atoms with Gasteiger partial charge >= 0.3 is 5.97 Å². The number of nitrogens with zero attached hydrogens (tertiary/aromatic N) is 2. The Bertz CT molecular complexity index is 1210. The van der Waals surface area contributed by atoms with Gasteiger partial charge in [0.1, 0.15) is 0 Å². The first-order valence-corrected chi connectivity index (χ1v) is 12.1. The van der Waals surface area contributed by atoms with Crippen LogP contribution in [0.3, 0.4) is 0 Å². The highest BCUT2D eigenvalue weighted by Gasteiger charge is 2.34. The summed E-state index contributed by atoms with van der Waals surface area (Å²) in [6.45, 7) is 0. The van der Waals surface area contributed by atoms with Crippen LogP contribution >= 0.6 is 15.9 Å². The van der Waals surface area contributed by atoms with E-state index in [-0.39, 0.29) is 23.6 Å². The molecule has 1 aliphatic heterocycles. The molecule has 0 aliphatic carbocycles. The molecule has 2 atom stereocenters. The second kappa shape index (κ2) is 11.0. The molecule has 0 aromatic heterocycles. The monoisotopic (exact) mass is 554 g/mol. The number of hydrogen-bond acceptors (Lipinski definition) is 8. The van der Waals surface area contributed by atoms with Crippen molar-refractivity contribution < 1.29 is 29.3 Å². The van der Waals surface area contributed by atoms with E-state index >= 15 is 0 Å². The van der Waals surface area contributed by atoms with Gasteiger partial charge in [-0.3, -0.25) is 4.90 Å². The molecule has 0 amide bonds. The molecule has 1 aliphatic rings. The highest BCUT2D eigenvalue weighted by Crippen LogP contribution is 2.42. The average molecular weight is 555 g/mol. The van der Waals surface area contributed by atoms with Gasteiger partial charge in [0.05, 0.1) is 25.5 Å². The standard InChI is InChI=1S/C27H27BrN2O6/c1-30-21(17-6-10-23(31)25(12-17)34-2)14-20(29-36-27(33)16-4-8-19(28)9-5-16)15-22(30)18-7-11-24(32)26(13-18)35-3/h4-13,21-22,31-32H,14-15H2,1-3H3. The number of carbonyl (C=O) groups excluding carboxylic acids is 1. The highest BCUT2D eigenvalue weighted by molar-refractivity contribution is 9.10. The number of phenolic OH excluding ortho intramolecular Hbond substituents is 2. The van der Waals surface area contributed by atoms with Gasteiger partial charge in [-0.15, -0.1) is 0 Å². The van der Waals surface area contributed by atoms with Crippen LogP contribution in [0.1, 0.15) is 46.4 Å². The third kappa shape index (κ3) is 5.47. The van der Waals surface area contributed by atoms with Crippen LogP contribution in [0.2, 0.25) is 0 Å². The van der Waals surface area contributed by atoms with Gasteiger partial charge in [-0.25, -0.2) is 4.79 Å². The van der Waals surface area contributed by atoms with Crippen molar-refractivity contribution in [1.29, 1.82) is 0 Å². The fourth-order valence-electron chi connectivity index (χ4n) is 4.36. The fraction of sp³-hybridized carbons (Fsp3) is 0.259. The van der Waals surface area contributed by atoms with Gasteiger partial charge in [0.25, 0.3) is 0 Å². The number of ether oxygens (including phenoxy) is 2. The predicted octanol–water partition coefficient (Wildman–Crippen LogP) is 5.60. The van der Waals surface area contributed by atoms with E-state index in [1.807, 2.05) is 19.2 Å². The van der Waals surface area contributed by atoms with Gasteiger partial charge in [-0.05, 0) is 66.7 Å². The summed E-state index contributed by atoms with van der Waals surface area (Å²) in [6.07, 6.45) is 1.01. The number of methoxy groups -OCH3 is 2. The molecule has 0 radical (unpaired) electrons. The largest absolute Gasteiger partial charge is 0.504 e. The van der Waals surface area contributed by atoms with Crippen LogP contribution in [0.4, 0.5) is 0 Å². The van der Waals surface area contributed by atoms with Gasteiger partial charge < -0.3 is 24.5 Å². The number of benzene rings is 3. The quantitative estimate of drug-likeness (QED) is 0.302. The van der Waals surface area contributed by atoms with Crippen LogP contribution < -0.4 is 9.47 Å². The minimum atomic E-state index is -0.542. The van der Waals surface area contributed by atoms with E-state index in [0.717, 1.165) is 15.6 Å². The van der Waals surface area contributed by atoms with E-state index < -0.39 is 5.97 Å². The summed E-state index contributed by atoms with van der Waals surface area (Å²) in [6, 6.07) is 17.0. The summed E-state index contributed by atoms with van der Waals surface area (Å²) in [7, 11) is 5.01.